The Morgan fingerprint density at radius 1 is 0.808 bits per heavy atom. The number of halogens is 2. The molecule has 1 aliphatic heterocycles. The lowest BCUT2D eigenvalue weighted by Crippen LogP contribution is -2.31. The second kappa shape index (κ2) is 10.2. The molecule has 0 amide bonds. The fourth-order valence-corrected chi connectivity index (χ4v) is 5.28. The number of hydrogen-bond donors (Lipinski definition) is 0. The van der Waals surface area contributed by atoms with E-state index in [1.54, 1.807) is 0 Å². The highest BCUT2D eigenvalue weighted by atomic mass is 19.3. The summed E-state index contributed by atoms with van der Waals surface area (Å²) in [4.78, 5) is 0. The minimum absolute atomic E-state index is 0.0300. The van der Waals surface area contributed by atoms with Gasteiger partial charge in [-0.2, -0.15) is 8.78 Å². The van der Waals surface area contributed by atoms with Crippen molar-refractivity contribution < 1.29 is 18.3 Å². The molecule has 1 heterocycles. The molecule has 26 heavy (non-hydrogen) atoms. The van der Waals surface area contributed by atoms with Crippen molar-refractivity contribution >= 4 is 0 Å². The first-order chi connectivity index (χ1) is 12.6. The molecule has 3 aliphatic rings. The summed E-state index contributed by atoms with van der Waals surface area (Å²) in [6.07, 6.45) is 12.7. The van der Waals surface area contributed by atoms with Gasteiger partial charge in [-0.05, 0) is 87.5 Å². The van der Waals surface area contributed by atoms with E-state index in [4.69, 9.17) is 9.47 Å². The van der Waals surface area contributed by atoms with Gasteiger partial charge in [-0.3, -0.25) is 0 Å². The molecule has 3 rings (SSSR count). The molecule has 0 bridgehead atoms. The highest BCUT2D eigenvalue weighted by Crippen LogP contribution is 2.43. The topological polar surface area (TPSA) is 18.5 Å². The third-order valence-corrected chi connectivity index (χ3v) is 7.00. The summed E-state index contributed by atoms with van der Waals surface area (Å²) < 4.78 is 36.0. The summed E-state index contributed by atoms with van der Waals surface area (Å²) >= 11 is 0. The van der Waals surface area contributed by atoms with Crippen LogP contribution in [0.4, 0.5) is 8.78 Å². The molecule has 0 spiro atoms. The van der Waals surface area contributed by atoms with Crippen LogP contribution in [0.1, 0.15) is 77.6 Å². The third kappa shape index (κ3) is 6.30. The lowest BCUT2D eigenvalue weighted by molar-refractivity contribution is -0.201. The van der Waals surface area contributed by atoms with Crippen molar-refractivity contribution in [2.45, 2.75) is 83.8 Å². The van der Waals surface area contributed by atoms with Gasteiger partial charge in [0.1, 0.15) is 0 Å². The average molecular weight is 371 g/mol. The van der Waals surface area contributed by atoms with Crippen LogP contribution in [-0.4, -0.2) is 19.5 Å². The molecule has 0 atom stereocenters. The minimum atomic E-state index is -1.51. The van der Waals surface area contributed by atoms with Crippen LogP contribution in [0.3, 0.4) is 0 Å². The summed E-state index contributed by atoms with van der Waals surface area (Å²) in [5.41, 5.74) is 0. The molecule has 1 saturated heterocycles. The molecule has 0 aromatic rings. The van der Waals surface area contributed by atoms with Crippen molar-refractivity contribution in [3.63, 3.8) is 0 Å². The molecule has 2 aliphatic carbocycles. The number of hydrogen-bond acceptors (Lipinski definition) is 2. The van der Waals surface area contributed by atoms with Gasteiger partial charge in [0.2, 0.25) is 0 Å². The van der Waals surface area contributed by atoms with Gasteiger partial charge in [0.25, 0.3) is 6.08 Å². The van der Waals surface area contributed by atoms with Gasteiger partial charge in [-0.15, -0.1) is 0 Å². The monoisotopic (exact) mass is 370 g/mol. The van der Waals surface area contributed by atoms with Crippen LogP contribution in [0.25, 0.3) is 0 Å². The van der Waals surface area contributed by atoms with Gasteiger partial charge < -0.3 is 9.47 Å². The third-order valence-electron chi connectivity index (χ3n) is 7.00. The first-order valence-corrected chi connectivity index (χ1v) is 10.8. The fourth-order valence-electron chi connectivity index (χ4n) is 5.28. The molecule has 4 heteroatoms. The van der Waals surface area contributed by atoms with E-state index >= 15 is 0 Å². The molecule has 0 radical (unpaired) electrons. The normalized spacial score (nSPS) is 38.7. The van der Waals surface area contributed by atoms with E-state index in [1.165, 1.54) is 44.9 Å². The van der Waals surface area contributed by atoms with Gasteiger partial charge in [-0.1, -0.05) is 19.8 Å². The Bertz CT molecular complexity index is 425. The molecular weight excluding hydrogens is 334 g/mol. The molecule has 150 valence electrons. The molecule has 0 N–H and O–H groups in total. The Morgan fingerprint density at radius 3 is 1.88 bits per heavy atom. The fraction of sp³-hybridized carbons (Fsp3) is 0.909. The smallest absolute Gasteiger partial charge is 0.266 e. The Balaban J connectivity index is 1.30. The second-order valence-corrected chi connectivity index (χ2v) is 9.07. The Kier molecular flexibility index (Phi) is 7.92. The van der Waals surface area contributed by atoms with Crippen LogP contribution in [0, 0.1) is 29.6 Å². The van der Waals surface area contributed by atoms with Gasteiger partial charge in [-0.25, -0.2) is 0 Å². The van der Waals surface area contributed by atoms with E-state index in [9.17, 15) is 8.78 Å². The van der Waals surface area contributed by atoms with Crippen molar-refractivity contribution in [3.8, 4) is 0 Å². The van der Waals surface area contributed by atoms with E-state index in [2.05, 4.69) is 6.92 Å². The summed E-state index contributed by atoms with van der Waals surface area (Å²) in [6, 6.07) is 0. The van der Waals surface area contributed by atoms with Crippen LogP contribution >= 0.6 is 0 Å². The predicted molar refractivity (Wildman–Crippen MR) is 99.9 cm³/mol. The standard InChI is InChI=1S/C22H36F2O2/c1-16-14-25-22(26-15-16)13-7-18-4-10-20(11-5-18)19-8-2-17(3-9-19)6-12-21(23)24/h12,16-20,22H,2-11,13-15H2,1H3. The second-order valence-electron chi connectivity index (χ2n) is 9.07. The van der Waals surface area contributed by atoms with E-state index in [0.717, 1.165) is 56.3 Å². The molecule has 0 aromatic heterocycles. The molecule has 3 fully saturated rings. The lowest BCUT2D eigenvalue weighted by Gasteiger charge is -2.38. The lowest BCUT2D eigenvalue weighted by atomic mass is 9.68. The number of ether oxygens (including phenoxy) is 2. The molecule has 2 saturated carbocycles. The number of allylic oxidation sites excluding steroid dienone is 1. The highest BCUT2D eigenvalue weighted by molar-refractivity contribution is 4.87. The minimum Gasteiger partial charge on any atom is -0.352 e. The van der Waals surface area contributed by atoms with Gasteiger partial charge in [0.15, 0.2) is 6.29 Å². The summed E-state index contributed by atoms with van der Waals surface area (Å²) in [5, 5.41) is 0. The Morgan fingerprint density at radius 2 is 1.35 bits per heavy atom. The van der Waals surface area contributed by atoms with Crippen molar-refractivity contribution in [2.75, 3.05) is 13.2 Å². The van der Waals surface area contributed by atoms with Gasteiger partial charge >= 0.3 is 0 Å². The first kappa shape index (κ1) is 20.3. The summed E-state index contributed by atoms with van der Waals surface area (Å²) in [6.45, 7) is 3.85. The number of rotatable bonds is 6. The van der Waals surface area contributed by atoms with Crippen molar-refractivity contribution in [2.24, 2.45) is 29.6 Å². The van der Waals surface area contributed by atoms with E-state index < -0.39 is 6.08 Å². The highest BCUT2D eigenvalue weighted by Gasteiger charge is 2.31. The van der Waals surface area contributed by atoms with Gasteiger partial charge in [0.05, 0.1) is 13.2 Å². The molecule has 2 nitrogen and oxygen atoms in total. The zero-order valence-electron chi connectivity index (χ0n) is 16.3. The quantitative estimate of drug-likeness (QED) is 0.527. The molecule has 0 aromatic carbocycles. The van der Waals surface area contributed by atoms with E-state index in [0.29, 0.717) is 18.3 Å². The maximum atomic E-state index is 12.2. The van der Waals surface area contributed by atoms with Crippen LogP contribution < -0.4 is 0 Å². The largest absolute Gasteiger partial charge is 0.352 e. The van der Waals surface area contributed by atoms with Crippen molar-refractivity contribution in [1.82, 2.24) is 0 Å². The zero-order valence-corrected chi connectivity index (χ0v) is 16.3. The Labute approximate surface area is 157 Å². The van der Waals surface area contributed by atoms with Crippen LogP contribution in [0.5, 0.6) is 0 Å². The van der Waals surface area contributed by atoms with Crippen LogP contribution in [0.2, 0.25) is 0 Å². The van der Waals surface area contributed by atoms with Crippen molar-refractivity contribution in [1.29, 1.82) is 0 Å². The Hall–Kier alpha value is -0.480. The van der Waals surface area contributed by atoms with Crippen LogP contribution in [-0.2, 0) is 9.47 Å². The molecular formula is C22H36F2O2. The van der Waals surface area contributed by atoms with E-state index in [-0.39, 0.29) is 6.29 Å². The average Bonchev–Trinajstić information content (AvgIpc) is 2.67. The maximum absolute atomic E-state index is 12.2. The first-order valence-electron chi connectivity index (χ1n) is 10.8. The SMILES string of the molecule is CC1COC(CCC2CCC(C3CCC(CC=C(F)F)CC3)CC2)OC1. The zero-order chi connectivity index (χ0) is 18.4. The maximum Gasteiger partial charge on any atom is 0.266 e. The van der Waals surface area contributed by atoms with Crippen LogP contribution in [0.15, 0.2) is 12.2 Å². The summed E-state index contributed by atoms with van der Waals surface area (Å²) in [7, 11) is 0. The summed E-state index contributed by atoms with van der Waals surface area (Å²) in [5.74, 6) is 3.58. The molecule has 0 unspecified atom stereocenters. The van der Waals surface area contributed by atoms with Gasteiger partial charge in [0, 0.05) is 5.92 Å². The predicted octanol–water partition coefficient (Wildman–Crippen LogP) is 6.56. The van der Waals surface area contributed by atoms with Crippen molar-refractivity contribution in [3.05, 3.63) is 12.2 Å². The van der Waals surface area contributed by atoms with E-state index in [1.807, 2.05) is 0 Å².